The van der Waals surface area contributed by atoms with E-state index in [1.165, 1.54) is 11.9 Å². The maximum atomic E-state index is 4.38. The van der Waals surface area contributed by atoms with E-state index in [9.17, 15) is 0 Å². The third kappa shape index (κ3) is 2.63. The number of hydrogen-bond donors (Lipinski definition) is 2. The minimum atomic E-state index is 0.519. The molecule has 120 valence electrons. The number of H-pyrrole nitrogens is 1. The van der Waals surface area contributed by atoms with Crippen LogP contribution in [0.15, 0.2) is 42.3 Å². The lowest BCUT2D eigenvalue weighted by atomic mass is 9.99. The summed E-state index contributed by atoms with van der Waals surface area (Å²) in [6, 6.07) is 8.66. The molecule has 2 N–H and O–H groups in total. The number of nitrogens with zero attached hydrogens (tertiary/aromatic N) is 4. The molecule has 0 bridgehead atoms. The van der Waals surface area contributed by atoms with E-state index >= 15 is 0 Å². The van der Waals surface area contributed by atoms with Crippen LogP contribution in [0.4, 0.5) is 11.8 Å². The number of thiophene rings is 1. The van der Waals surface area contributed by atoms with E-state index in [1.54, 1.807) is 17.7 Å². The van der Waals surface area contributed by atoms with Gasteiger partial charge < -0.3 is 5.32 Å². The van der Waals surface area contributed by atoms with Crippen molar-refractivity contribution in [3.63, 3.8) is 0 Å². The van der Waals surface area contributed by atoms with Crippen LogP contribution in [0, 0.1) is 0 Å². The van der Waals surface area contributed by atoms with E-state index in [4.69, 9.17) is 0 Å². The average Bonchev–Trinajstić information content (AvgIpc) is 3.25. The Kier molecular flexibility index (Phi) is 3.70. The van der Waals surface area contributed by atoms with Crippen LogP contribution in [-0.4, -0.2) is 25.1 Å². The number of nitrogens with one attached hydrogen (secondary N) is 2. The fourth-order valence-electron chi connectivity index (χ4n) is 2.61. The molecule has 0 unspecified atom stereocenters. The van der Waals surface area contributed by atoms with Gasteiger partial charge in [0.2, 0.25) is 5.95 Å². The highest BCUT2D eigenvalue weighted by Gasteiger charge is 2.14. The van der Waals surface area contributed by atoms with Crippen molar-refractivity contribution in [1.29, 1.82) is 0 Å². The van der Waals surface area contributed by atoms with Gasteiger partial charge in [-0.25, -0.2) is 15.1 Å². The van der Waals surface area contributed by atoms with Gasteiger partial charge in [0.1, 0.15) is 23.3 Å². The summed E-state index contributed by atoms with van der Waals surface area (Å²) in [4.78, 5) is 13.8. The molecule has 0 amide bonds. The Morgan fingerprint density at radius 3 is 2.58 bits per heavy atom. The predicted molar refractivity (Wildman–Crippen MR) is 96.6 cm³/mol. The molecule has 0 aliphatic carbocycles. The van der Waals surface area contributed by atoms with Gasteiger partial charge >= 0.3 is 0 Å². The largest absolute Gasteiger partial charge is 0.308 e. The van der Waals surface area contributed by atoms with E-state index in [1.807, 2.05) is 0 Å². The molecule has 0 radical (unpaired) electrons. The first kappa shape index (κ1) is 14.8. The fraction of sp³-hybridized carbons (Fsp3) is 0.176. The first-order valence-corrected chi connectivity index (χ1v) is 8.55. The van der Waals surface area contributed by atoms with Crippen LogP contribution >= 0.6 is 11.3 Å². The Morgan fingerprint density at radius 2 is 1.88 bits per heavy atom. The molecule has 7 heteroatoms. The molecule has 3 aromatic heterocycles. The first-order chi connectivity index (χ1) is 11.7. The van der Waals surface area contributed by atoms with Gasteiger partial charge in [-0.05, 0) is 17.0 Å². The van der Waals surface area contributed by atoms with E-state index in [-0.39, 0.29) is 0 Å². The zero-order chi connectivity index (χ0) is 16.5. The summed E-state index contributed by atoms with van der Waals surface area (Å²) in [5.74, 6) is 1.80. The van der Waals surface area contributed by atoms with Crippen LogP contribution in [0.2, 0.25) is 0 Å². The maximum Gasteiger partial charge on any atom is 0.224 e. The quantitative estimate of drug-likeness (QED) is 0.579. The number of rotatable bonds is 4. The minimum absolute atomic E-state index is 0.519. The summed E-state index contributed by atoms with van der Waals surface area (Å²) < 4.78 is 0. The molecule has 0 saturated heterocycles. The highest BCUT2D eigenvalue weighted by molar-refractivity contribution is 7.17. The molecule has 0 atom stereocenters. The standard InChI is InChI=1S/C17H16N6S/c1-10(2)11-3-5-12(6-4-11)13-7-24-16-14(13)15(18-8-19-16)22-17-20-9-21-23-17/h3-10H,1-2H3,(H2,18,19,20,21,22,23). The summed E-state index contributed by atoms with van der Waals surface area (Å²) in [5.41, 5.74) is 3.60. The molecule has 0 fully saturated rings. The molecule has 4 rings (SSSR count). The number of benzene rings is 1. The molecule has 24 heavy (non-hydrogen) atoms. The van der Waals surface area contributed by atoms with Crippen molar-refractivity contribution in [2.75, 3.05) is 5.32 Å². The molecule has 0 spiro atoms. The van der Waals surface area contributed by atoms with Crippen molar-refractivity contribution in [2.24, 2.45) is 0 Å². The summed E-state index contributed by atoms with van der Waals surface area (Å²) in [7, 11) is 0. The van der Waals surface area contributed by atoms with Crippen LogP contribution in [0.5, 0.6) is 0 Å². The zero-order valence-corrected chi connectivity index (χ0v) is 14.1. The second kappa shape index (κ2) is 6.01. The average molecular weight is 336 g/mol. The summed E-state index contributed by atoms with van der Waals surface area (Å²) in [5, 5.41) is 12.9. The Bertz CT molecular complexity index is 957. The lowest BCUT2D eigenvalue weighted by Gasteiger charge is -2.08. The van der Waals surface area contributed by atoms with Crippen LogP contribution in [0.1, 0.15) is 25.3 Å². The number of aromatic nitrogens is 5. The number of fused-ring (bicyclic) bond motifs is 1. The molecule has 0 saturated carbocycles. The van der Waals surface area contributed by atoms with E-state index in [0.717, 1.165) is 27.2 Å². The normalized spacial score (nSPS) is 11.3. The van der Waals surface area contributed by atoms with Crippen molar-refractivity contribution < 1.29 is 0 Å². The van der Waals surface area contributed by atoms with Crippen molar-refractivity contribution in [3.05, 3.63) is 47.9 Å². The van der Waals surface area contributed by atoms with Gasteiger partial charge in [-0.2, -0.15) is 10.1 Å². The maximum absolute atomic E-state index is 4.38. The molecule has 0 aliphatic rings. The molecular formula is C17H16N6S. The second-order valence-electron chi connectivity index (χ2n) is 5.79. The first-order valence-electron chi connectivity index (χ1n) is 7.67. The molecular weight excluding hydrogens is 320 g/mol. The van der Waals surface area contributed by atoms with Gasteiger partial charge in [0.15, 0.2) is 0 Å². The molecule has 3 heterocycles. The van der Waals surface area contributed by atoms with Crippen molar-refractivity contribution in [3.8, 4) is 11.1 Å². The summed E-state index contributed by atoms with van der Waals surface area (Å²) >= 11 is 1.61. The highest BCUT2D eigenvalue weighted by Crippen LogP contribution is 2.37. The van der Waals surface area contributed by atoms with Crippen molar-refractivity contribution >= 4 is 33.3 Å². The van der Waals surface area contributed by atoms with E-state index < -0.39 is 0 Å². The Balaban J connectivity index is 1.81. The van der Waals surface area contributed by atoms with Crippen LogP contribution < -0.4 is 5.32 Å². The van der Waals surface area contributed by atoms with E-state index in [0.29, 0.717) is 11.9 Å². The van der Waals surface area contributed by atoms with Crippen molar-refractivity contribution in [1.82, 2.24) is 25.1 Å². The van der Waals surface area contributed by atoms with Crippen LogP contribution in [-0.2, 0) is 0 Å². The second-order valence-corrected chi connectivity index (χ2v) is 6.65. The number of hydrogen-bond acceptors (Lipinski definition) is 6. The van der Waals surface area contributed by atoms with Gasteiger partial charge in [-0.3, -0.25) is 0 Å². The Labute approximate surface area is 143 Å². The third-order valence-corrected chi connectivity index (χ3v) is 4.80. The van der Waals surface area contributed by atoms with Gasteiger partial charge in [0.25, 0.3) is 0 Å². The SMILES string of the molecule is CC(C)c1ccc(-c2csc3ncnc(Nc4ncn[nH]4)c23)cc1. The molecule has 1 aromatic carbocycles. The van der Waals surface area contributed by atoms with Crippen LogP contribution in [0.3, 0.4) is 0 Å². The third-order valence-electron chi connectivity index (χ3n) is 3.91. The topological polar surface area (TPSA) is 79.4 Å². The van der Waals surface area contributed by atoms with Gasteiger partial charge in [0.05, 0.1) is 5.39 Å². The van der Waals surface area contributed by atoms with Gasteiger partial charge in [-0.1, -0.05) is 38.1 Å². The smallest absolute Gasteiger partial charge is 0.224 e. The highest BCUT2D eigenvalue weighted by atomic mass is 32.1. The van der Waals surface area contributed by atoms with Gasteiger partial charge in [0, 0.05) is 10.9 Å². The lowest BCUT2D eigenvalue weighted by Crippen LogP contribution is -1.97. The zero-order valence-electron chi connectivity index (χ0n) is 13.3. The Morgan fingerprint density at radius 1 is 1.04 bits per heavy atom. The molecule has 0 aliphatic heterocycles. The molecule has 6 nitrogen and oxygen atoms in total. The summed E-state index contributed by atoms with van der Waals surface area (Å²) in [6.45, 7) is 4.39. The number of aromatic amines is 1. The monoisotopic (exact) mass is 336 g/mol. The molecule has 4 aromatic rings. The van der Waals surface area contributed by atoms with Crippen LogP contribution in [0.25, 0.3) is 21.3 Å². The summed E-state index contributed by atoms with van der Waals surface area (Å²) in [6.07, 6.45) is 3.02. The number of anilines is 2. The van der Waals surface area contributed by atoms with Crippen molar-refractivity contribution in [2.45, 2.75) is 19.8 Å². The van der Waals surface area contributed by atoms with E-state index in [2.05, 4.69) is 74.0 Å². The van der Waals surface area contributed by atoms with Gasteiger partial charge in [-0.15, -0.1) is 11.3 Å². The Hall–Kier alpha value is -2.80. The fourth-order valence-corrected chi connectivity index (χ4v) is 3.52. The minimum Gasteiger partial charge on any atom is -0.308 e. The lowest BCUT2D eigenvalue weighted by molar-refractivity contribution is 0.867. The predicted octanol–water partition coefficient (Wildman–Crippen LogP) is 4.34.